The summed E-state index contributed by atoms with van der Waals surface area (Å²) in [5, 5.41) is 3.43. The van der Waals surface area contributed by atoms with Crippen molar-refractivity contribution in [2.45, 2.75) is 89.7 Å². The summed E-state index contributed by atoms with van der Waals surface area (Å²) >= 11 is 0. The third-order valence-electron chi connectivity index (χ3n) is 5.89. The first-order valence-corrected chi connectivity index (χ1v) is 13.1. The minimum Gasteiger partial charge on any atom is -0.457 e. The minimum absolute atomic E-state index is 0.0935. The molecular formula is C21H34F3N3O8S. The van der Waals surface area contributed by atoms with Gasteiger partial charge >= 0.3 is 21.6 Å². The van der Waals surface area contributed by atoms with E-state index in [9.17, 15) is 31.2 Å². The van der Waals surface area contributed by atoms with Crippen molar-refractivity contribution in [3.63, 3.8) is 0 Å². The van der Waals surface area contributed by atoms with E-state index in [1.807, 2.05) is 0 Å². The lowest BCUT2D eigenvalue weighted by Gasteiger charge is -2.43. The normalized spacial score (nSPS) is 24.7. The molecule has 0 radical (unpaired) electrons. The highest BCUT2D eigenvalue weighted by Gasteiger charge is 2.49. The lowest BCUT2D eigenvalue weighted by atomic mass is 9.83. The molecule has 0 saturated carbocycles. The molecule has 1 aliphatic heterocycles. The molecule has 1 heterocycles. The van der Waals surface area contributed by atoms with Crippen molar-refractivity contribution in [2.75, 3.05) is 19.8 Å². The zero-order chi connectivity index (χ0) is 27.4. The molecule has 0 spiro atoms. The Hall–Kier alpha value is -1.93. The van der Waals surface area contributed by atoms with Crippen LogP contribution >= 0.6 is 0 Å². The van der Waals surface area contributed by atoms with Gasteiger partial charge in [0.25, 0.3) is 0 Å². The highest BCUT2D eigenvalue weighted by Crippen LogP contribution is 2.35. The number of halogens is 3. The molecule has 5 atom stereocenters. The van der Waals surface area contributed by atoms with Crippen molar-refractivity contribution in [3.8, 4) is 0 Å². The van der Waals surface area contributed by atoms with Crippen LogP contribution in [0.3, 0.4) is 0 Å². The predicted octanol–water partition coefficient (Wildman–Crippen LogP) is 4.41. The van der Waals surface area contributed by atoms with Crippen LogP contribution in [0.5, 0.6) is 0 Å². The Labute approximate surface area is 208 Å². The molecule has 0 aromatic heterocycles. The Morgan fingerprint density at radius 1 is 1.06 bits per heavy atom. The van der Waals surface area contributed by atoms with E-state index < -0.39 is 58.5 Å². The molecule has 36 heavy (non-hydrogen) atoms. The molecule has 0 aromatic carbocycles. The van der Waals surface area contributed by atoms with Crippen LogP contribution in [0.4, 0.5) is 13.2 Å². The Balaban J connectivity index is 2.56. The molecule has 1 aliphatic rings. The van der Waals surface area contributed by atoms with E-state index in [1.54, 1.807) is 13.8 Å². The van der Waals surface area contributed by atoms with E-state index in [-0.39, 0.29) is 12.4 Å². The number of nitrogens with zero attached hydrogens (tertiary/aromatic N) is 3. The average molecular weight is 546 g/mol. The van der Waals surface area contributed by atoms with Gasteiger partial charge in [-0.3, -0.25) is 13.8 Å². The monoisotopic (exact) mass is 545 g/mol. The fourth-order valence-electron chi connectivity index (χ4n) is 3.64. The van der Waals surface area contributed by atoms with E-state index in [0.29, 0.717) is 38.6 Å². The van der Waals surface area contributed by atoms with Crippen molar-refractivity contribution < 1.29 is 49.6 Å². The Morgan fingerprint density at radius 2 is 1.69 bits per heavy atom. The molecular weight excluding hydrogens is 511 g/mol. The largest absolute Gasteiger partial charge is 0.523 e. The lowest BCUT2D eigenvalue weighted by molar-refractivity contribution is -0.278. The SMILES string of the molecule is CC(=O)OC1[C@H](OCCCCC(=O)CCCCCN=[N+]=[N-])OC(COS(=O)(=O)C(F)(F)F)[C@H](C)[C@@H]1C. The van der Waals surface area contributed by atoms with Crippen LogP contribution in [0.15, 0.2) is 5.11 Å². The first-order valence-electron chi connectivity index (χ1n) is 11.7. The van der Waals surface area contributed by atoms with Crippen molar-refractivity contribution in [1.82, 2.24) is 0 Å². The summed E-state index contributed by atoms with van der Waals surface area (Å²) in [7, 11) is -5.79. The zero-order valence-corrected chi connectivity index (χ0v) is 21.4. The maximum Gasteiger partial charge on any atom is 0.523 e. The number of rotatable bonds is 16. The summed E-state index contributed by atoms with van der Waals surface area (Å²) in [6.07, 6.45) is 0.932. The standard InChI is InChI=1S/C21H34F3N3O8S/c1-14-15(2)19(34-16(3)28)20(35-18(14)13-33-36(30,31)21(22,23)24)32-12-8-6-10-17(29)9-5-4-7-11-26-27-25/h14-15,18-20H,4-13H2,1-3H3/t14-,15+,18?,19?,20-/m1/s1. The first kappa shape index (κ1) is 32.1. The number of alkyl halides is 3. The third-order valence-corrected chi connectivity index (χ3v) is 6.91. The van der Waals surface area contributed by atoms with Gasteiger partial charge in [0.15, 0.2) is 12.4 Å². The van der Waals surface area contributed by atoms with Gasteiger partial charge in [0.05, 0.1) is 12.7 Å². The summed E-state index contributed by atoms with van der Waals surface area (Å²) < 4.78 is 81.1. The summed E-state index contributed by atoms with van der Waals surface area (Å²) in [5.74, 6) is -1.45. The Kier molecular flexibility index (Phi) is 13.7. The van der Waals surface area contributed by atoms with Crippen molar-refractivity contribution in [1.29, 1.82) is 0 Å². The molecule has 0 N–H and O–H groups in total. The topological polar surface area (TPSA) is 154 Å². The summed E-state index contributed by atoms with van der Waals surface area (Å²) in [4.78, 5) is 26.2. The number of ketones is 1. The third kappa shape index (κ3) is 11.0. The van der Waals surface area contributed by atoms with Gasteiger partial charge in [-0.25, -0.2) is 0 Å². The van der Waals surface area contributed by atoms with Gasteiger partial charge in [-0.05, 0) is 37.1 Å². The fraction of sp³-hybridized carbons (Fsp3) is 0.905. The Morgan fingerprint density at radius 3 is 2.28 bits per heavy atom. The van der Waals surface area contributed by atoms with Gasteiger partial charge in [-0.15, -0.1) is 0 Å². The van der Waals surface area contributed by atoms with Gasteiger partial charge in [-0.1, -0.05) is 25.4 Å². The molecule has 0 aliphatic carbocycles. The number of carbonyl (C=O) groups excluding carboxylic acids is 2. The molecule has 11 nitrogen and oxygen atoms in total. The highest BCUT2D eigenvalue weighted by atomic mass is 32.2. The number of carbonyl (C=O) groups is 2. The van der Waals surface area contributed by atoms with Crippen LogP contribution in [0, 0.1) is 11.8 Å². The molecule has 2 unspecified atom stereocenters. The maximum absolute atomic E-state index is 12.6. The lowest BCUT2D eigenvalue weighted by Crippen LogP contribution is -2.53. The number of Topliss-reactive ketones (excluding diaryl/α,β-unsaturated/α-hetero) is 1. The molecule has 1 fully saturated rings. The van der Waals surface area contributed by atoms with E-state index in [4.69, 9.17) is 19.7 Å². The van der Waals surface area contributed by atoms with Gasteiger partial charge in [0.2, 0.25) is 0 Å². The van der Waals surface area contributed by atoms with Gasteiger partial charge in [0, 0.05) is 43.7 Å². The number of azide groups is 1. The zero-order valence-electron chi connectivity index (χ0n) is 20.6. The van der Waals surface area contributed by atoms with Crippen LogP contribution in [0.25, 0.3) is 10.4 Å². The number of hydrogen-bond donors (Lipinski definition) is 0. The van der Waals surface area contributed by atoms with Crippen LogP contribution in [-0.4, -0.2) is 63.9 Å². The number of ether oxygens (including phenoxy) is 3. The summed E-state index contributed by atoms with van der Waals surface area (Å²) in [6.45, 7) is 4.15. The number of unbranched alkanes of at least 4 members (excludes halogenated alkanes) is 3. The second-order valence-corrected chi connectivity index (χ2v) is 10.3. The molecule has 1 saturated heterocycles. The first-order chi connectivity index (χ1) is 16.8. The molecule has 0 bridgehead atoms. The molecule has 0 amide bonds. The van der Waals surface area contributed by atoms with Gasteiger partial charge < -0.3 is 14.2 Å². The van der Waals surface area contributed by atoms with E-state index in [0.717, 1.165) is 12.8 Å². The van der Waals surface area contributed by atoms with Crippen LogP contribution in [0.2, 0.25) is 0 Å². The van der Waals surface area contributed by atoms with Crippen molar-refractivity contribution in [2.24, 2.45) is 17.0 Å². The molecule has 0 aromatic rings. The van der Waals surface area contributed by atoms with E-state index in [2.05, 4.69) is 14.2 Å². The van der Waals surface area contributed by atoms with Crippen molar-refractivity contribution in [3.05, 3.63) is 10.4 Å². The highest BCUT2D eigenvalue weighted by molar-refractivity contribution is 7.87. The van der Waals surface area contributed by atoms with E-state index >= 15 is 0 Å². The van der Waals surface area contributed by atoms with Gasteiger partial charge in [0.1, 0.15) is 5.78 Å². The number of esters is 1. The molecule has 208 valence electrons. The fourth-order valence-corrected chi connectivity index (χ4v) is 4.08. The molecule has 1 rings (SSSR count). The quantitative estimate of drug-likeness (QED) is 0.0526. The number of hydrogen-bond acceptors (Lipinski definition) is 9. The van der Waals surface area contributed by atoms with Crippen LogP contribution < -0.4 is 0 Å². The average Bonchev–Trinajstić information content (AvgIpc) is 2.78. The van der Waals surface area contributed by atoms with Crippen LogP contribution in [-0.2, 0) is 38.1 Å². The second kappa shape index (κ2) is 15.4. The smallest absolute Gasteiger partial charge is 0.457 e. The van der Waals surface area contributed by atoms with Crippen LogP contribution in [0.1, 0.15) is 65.7 Å². The summed E-state index contributed by atoms with van der Waals surface area (Å²) in [5.41, 5.74) is 2.65. The molecule has 15 heteroatoms. The minimum atomic E-state index is -5.79. The van der Waals surface area contributed by atoms with Crippen molar-refractivity contribution >= 4 is 21.9 Å². The predicted molar refractivity (Wildman–Crippen MR) is 121 cm³/mol. The van der Waals surface area contributed by atoms with E-state index in [1.165, 1.54) is 6.92 Å². The maximum atomic E-state index is 12.6. The van der Waals surface area contributed by atoms with Gasteiger partial charge in [-0.2, -0.15) is 21.6 Å². The Bertz CT molecular complexity index is 865. The summed E-state index contributed by atoms with van der Waals surface area (Å²) in [6, 6.07) is 0. The second-order valence-electron chi connectivity index (χ2n) is 8.65.